The number of carbonyl (C=O) groups is 2. The molecule has 1 unspecified atom stereocenters. The van der Waals surface area contributed by atoms with Crippen molar-refractivity contribution in [2.24, 2.45) is 0 Å². The van der Waals surface area contributed by atoms with Gasteiger partial charge in [-0.25, -0.2) is 4.21 Å². The third kappa shape index (κ3) is 4.21. The van der Waals surface area contributed by atoms with E-state index in [1.54, 1.807) is 0 Å². The summed E-state index contributed by atoms with van der Waals surface area (Å²) in [5, 5.41) is 0. The van der Waals surface area contributed by atoms with E-state index in [0.29, 0.717) is 5.75 Å². The van der Waals surface area contributed by atoms with Gasteiger partial charge in [-0.05, 0) is 0 Å². The molecule has 0 aromatic heterocycles. The molecule has 0 spiro atoms. The van der Waals surface area contributed by atoms with Gasteiger partial charge in [-0.3, -0.25) is 9.59 Å². The molecule has 0 N–H and O–H groups in total. The van der Waals surface area contributed by atoms with Crippen LogP contribution in [0.4, 0.5) is 0 Å². The Morgan fingerprint density at radius 2 is 1.73 bits per heavy atom. The summed E-state index contributed by atoms with van der Waals surface area (Å²) in [5.74, 6) is -0.279. The molecule has 1 rings (SSSR count). The maximum Gasteiger partial charge on any atom is 0.303 e. The van der Waals surface area contributed by atoms with Gasteiger partial charge < -0.3 is 9.47 Å². The van der Waals surface area contributed by atoms with Gasteiger partial charge in [0.1, 0.15) is 6.10 Å². The van der Waals surface area contributed by atoms with Gasteiger partial charge in [0, 0.05) is 19.6 Å². The third-order valence-electron chi connectivity index (χ3n) is 1.71. The first-order valence-corrected chi connectivity index (χ1v) is 7.17. The van der Waals surface area contributed by atoms with E-state index in [4.69, 9.17) is 9.47 Å². The van der Waals surface area contributed by atoms with Crippen LogP contribution in [0.15, 0.2) is 0 Å². The van der Waals surface area contributed by atoms with Crippen LogP contribution in [0.25, 0.3) is 0 Å². The minimum absolute atomic E-state index is 0.211. The molecule has 0 aromatic carbocycles. The second kappa shape index (κ2) is 5.50. The molecule has 0 aliphatic carbocycles. The topological polar surface area (TPSA) is 69.7 Å². The summed E-state index contributed by atoms with van der Waals surface area (Å²) in [7, 11) is 0.129. The Balaban J connectivity index is 2.61. The Labute approximate surface area is 93.7 Å². The molecule has 86 valence electrons. The van der Waals surface area contributed by atoms with E-state index in [9.17, 15) is 13.8 Å². The van der Waals surface area contributed by atoms with Crippen LogP contribution < -0.4 is 0 Å². The molecule has 1 saturated heterocycles. The van der Waals surface area contributed by atoms with Crippen molar-refractivity contribution < 1.29 is 23.3 Å². The Kier molecular flexibility index (Phi) is 4.59. The van der Waals surface area contributed by atoms with E-state index in [1.807, 2.05) is 0 Å². The summed E-state index contributed by atoms with van der Waals surface area (Å²) in [6.07, 6.45) is -1.08. The van der Waals surface area contributed by atoms with Crippen LogP contribution in [0.1, 0.15) is 13.8 Å². The number of esters is 2. The van der Waals surface area contributed by atoms with Crippen molar-refractivity contribution >= 4 is 32.6 Å². The van der Waals surface area contributed by atoms with Gasteiger partial charge in [-0.2, -0.15) is 0 Å². The van der Waals surface area contributed by atoms with Crippen LogP contribution in [-0.2, 0) is 28.9 Å². The molecule has 0 amide bonds. The van der Waals surface area contributed by atoms with Crippen LogP contribution in [0.3, 0.4) is 0 Å². The molecule has 3 atom stereocenters. The molecule has 0 bridgehead atoms. The minimum atomic E-state index is -1.07. The predicted molar refractivity (Wildman–Crippen MR) is 56.6 cm³/mol. The van der Waals surface area contributed by atoms with Crippen molar-refractivity contribution in [1.29, 1.82) is 0 Å². The zero-order chi connectivity index (χ0) is 11.4. The Morgan fingerprint density at radius 1 is 1.20 bits per heavy atom. The fourth-order valence-corrected chi connectivity index (χ4v) is 3.95. The van der Waals surface area contributed by atoms with Gasteiger partial charge in [0.25, 0.3) is 0 Å². The smallest absolute Gasteiger partial charge is 0.303 e. The van der Waals surface area contributed by atoms with E-state index < -0.39 is 34.0 Å². The van der Waals surface area contributed by atoms with Gasteiger partial charge in [0.2, 0.25) is 0 Å². The van der Waals surface area contributed by atoms with Crippen molar-refractivity contribution in [3.05, 3.63) is 0 Å². The van der Waals surface area contributed by atoms with Crippen molar-refractivity contribution in [2.45, 2.75) is 26.1 Å². The average Bonchev–Trinajstić information content (AvgIpc) is 2.08. The van der Waals surface area contributed by atoms with Crippen LogP contribution in [0, 0.1) is 0 Å². The molecular weight excluding hydrogens is 240 g/mol. The SMILES string of the molecule is CC(=O)O[C@@H]1CSS(=O)C[C@H]1OC(C)=O. The summed E-state index contributed by atoms with van der Waals surface area (Å²) < 4.78 is 21.2. The predicted octanol–water partition coefficient (Wildman–Crippen LogP) is 0.260. The van der Waals surface area contributed by atoms with E-state index in [-0.39, 0.29) is 5.75 Å². The first kappa shape index (κ1) is 12.5. The third-order valence-corrected chi connectivity index (χ3v) is 4.65. The summed E-state index contributed by atoms with van der Waals surface area (Å²) in [6, 6.07) is 0. The number of ether oxygens (including phenoxy) is 2. The van der Waals surface area contributed by atoms with Gasteiger partial charge in [-0.1, -0.05) is 10.8 Å². The Bertz CT molecular complexity index is 289. The summed E-state index contributed by atoms with van der Waals surface area (Å²) in [5.41, 5.74) is 0. The normalized spacial score (nSPS) is 30.7. The van der Waals surface area contributed by atoms with Crippen molar-refractivity contribution in [3.8, 4) is 0 Å². The standard InChI is InChI=1S/C8H12O5S2/c1-5(9)12-7-3-14-15(11)4-8(7)13-6(2)10/h7-8H,3-4H2,1-2H3/t7-,8-,15?/m1/s1. The lowest BCUT2D eigenvalue weighted by atomic mass is 10.2. The Morgan fingerprint density at radius 3 is 2.27 bits per heavy atom. The number of carbonyl (C=O) groups excluding carboxylic acids is 2. The lowest BCUT2D eigenvalue weighted by Crippen LogP contribution is -2.42. The van der Waals surface area contributed by atoms with Gasteiger partial charge in [-0.15, -0.1) is 0 Å². The van der Waals surface area contributed by atoms with Crippen LogP contribution in [0.2, 0.25) is 0 Å². The molecule has 1 aliphatic heterocycles. The molecule has 1 aliphatic rings. The maximum absolute atomic E-state index is 11.2. The van der Waals surface area contributed by atoms with Gasteiger partial charge in [0.15, 0.2) is 6.10 Å². The number of rotatable bonds is 2. The first-order valence-electron chi connectivity index (χ1n) is 4.35. The summed E-state index contributed by atoms with van der Waals surface area (Å²) >= 11 is 0. The highest BCUT2D eigenvalue weighted by Gasteiger charge is 2.34. The number of hydrogen-bond donors (Lipinski definition) is 0. The van der Waals surface area contributed by atoms with Crippen molar-refractivity contribution in [3.63, 3.8) is 0 Å². The highest BCUT2D eigenvalue weighted by Crippen LogP contribution is 2.24. The lowest BCUT2D eigenvalue weighted by molar-refractivity contribution is -0.161. The Hall–Kier alpha value is -0.560. The lowest BCUT2D eigenvalue weighted by Gasteiger charge is -2.28. The quantitative estimate of drug-likeness (QED) is 0.518. The zero-order valence-electron chi connectivity index (χ0n) is 8.43. The summed E-state index contributed by atoms with van der Waals surface area (Å²) in [4.78, 5) is 21.6. The molecule has 1 fully saturated rings. The van der Waals surface area contributed by atoms with E-state index in [0.717, 1.165) is 0 Å². The van der Waals surface area contributed by atoms with Gasteiger partial charge >= 0.3 is 11.9 Å². The second-order valence-corrected chi connectivity index (χ2v) is 6.38. The maximum atomic E-state index is 11.2. The molecule has 0 radical (unpaired) electrons. The molecular formula is C8H12O5S2. The monoisotopic (exact) mass is 252 g/mol. The molecule has 1 heterocycles. The fourth-order valence-electron chi connectivity index (χ4n) is 1.19. The highest BCUT2D eigenvalue weighted by molar-refractivity contribution is 8.69. The molecule has 5 nitrogen and oxygen atoms in total. The van der Waals surface area contributed by atoms with E-state index in [2.05, 4.69) is 0 Å². The highest BCUT2D eigenvalue weighted by atomic mass is 33.1. The van der Waals surface area contributed by atoms with Crippen LogP contribution >= 0.6 is 10.8 Å². The van der Waals surface area contributed by atoms with Crippen molar-refractivity contribution in [2.75, 3.05) is 11.5 Å². The molecule has 7 heteroatoms. The molecule has 0 saturated carbocycles. The van der Waals surface area contributed by atoms with Crippen LogP contribution in [-0.4, -0.2) is 39.9 Å². The van der Waals surface area contributed by atoms with Gasteiger partial charge in [0.05, 0.1) is 15.6 Å². The molecule has 15 heavy (non-hydrogen) atoms. The largest absolute Gasteiger partial charge is 0.458 e. The summed E-state index contributed by atoms with van der Waals surface area (Å²) in [6.45, 7) is 2.57. The molecule has 0 aromatic rings. The first-order chi connectivity index (χ1) is 6.99. The number of hydrogen-bond acceptors (Lipinski definition) is 6. The van der Waals surface area contributed by atoms with Crippen molar-refractivity contribution in [1.82, 2.24) is 0 Å². The van der Waals surface area contributed by atoms with E-state index >= 15 is 0 Å². The zero-order valence-corrected chi connectivity index (χ0v) is 10.1. The average molecular weight is 252 g/mol. The van der Waals surface area contributed by atoms with E-state index in [1.165, 1.54) is 24.6 Å². The fraction of sp³-hybridized carbons (Fsp3) is 0.750. The van der Waals surface area contributed by atoms with Crippen LogP contribution in [0.5, 0.6) is 0 Å². The minimum Gasteiger partial charge on any atom is -0.458 e. The second-order valence-electron chi connectivity index (χ2n) is 3.05.